The van der Waals surface area contributed by atoms with Crippen molar-refractivity contribution in [1.29, 1.82) is 0 Å². The van der Waals surface area contributed by atoms with Crippen molar-refractivity contribution in [2.24, 2.45) is 0 Å². The minimum atomic E-state index is 1.23. The van der Waals surface area contributed by atoms with E-state index in [0.717, 1.165) is 0 Å². The zero-order valence-corrected chi connectivity index (χ0v) is 3.20. The van der Waals surface area contributed by atoms with Gasteiger partial charge in [-0.3, -0.25) is 0 Å². The predicted molar refractivity (Wildman–Crippen MR) is 18.7 cm³/mol. The van der Waals surface area contributed by atoms with E-state index in [1.54, 1.807) is 0 Å². The Morgan fingerprint density at radius 2 is 2.80 bits per heavy atom. The second-order valence-corrected chi connectivity index (χ2v) is 1.11. The van der Waals surface area contributed by atoms with Gasteiger partial charge in [0.15, 0.2) is 5.51 Å². The fraction of sp³-hybridized carbons (Fsp3) is 0. The summed E-state index contributed by atoms with van der Waals surface area (Å²) in [6, 6.07) is 0. The Kier molecular flexibility index (Phi) is 0.624. The lowest BCUT2D eigenvalue weighted by atomic mass is 11.4. The molecule has 3 heteroatoms. The molecule has 5 heavy (non-hydrogen) atoms. The Balaban J connectivity index is 3.13. The molecule has 25 valence electrons. The van der Waals surface area contributed by atoms with E-state index in [-0.39, 0.29) is 0 Å². The van der Waals surface area contributed by atoms with Crippen molar-refractivity contribution in [2.75, 3.05) is 0 Å². The molecule has 0 N–H and O–H groups in total. The van der Waals surface area contributed by atoms with Crippen LogP contribution in [-0.2, 0) is 0 Å². The van der Waals surface area contributed by atoms with Gasteiger partial charge in [0.2, 0.25) is 0 Å². The maximum atomic E-state index is 3.60. The molecule has 0 aliphatic rings. The monoisotopic (exact) mass is 85.0 g/mol. The highest BCUT2D eigenvalue weighted by molar-refractivity contribution is 7.02. The van der Waals surface area contributed by atoms with Crippen LogP contribution in [0.3, 0.4) is 0 Å². The number of aromatic nitrogens is 2. The summed E-state index contributed by atoms with van der Waals surface area (Å²) in [6.07, 6.45) is 1.46. The van der Waals surface area contributed by atoms with Gasteiger partial charge in [-0.2, -0.15) is 4.37 Å². The molecule has 0 aliphatic carbocycles. The quantitative estimate of drug-likeness (QED) is 0.454. The normalized spacial score (nSPS) is 8.00. The molecule has 0 atom stereocenters. The highest BCUT2D eigenvalue weighted by Gasteiger charge is 1.62. The van der Waals surface area contributed by atoms with Gasteiger partial charge in [-0.1, -0.05) is 0 Å². The average molecular weight is 85.1 g/mol. The molecule has 0 spiro atoms. The Hall–Kier alpha value is -0.440. The van der Waals surface area contributed by atoms with Gasteiger partial charge in [0.25, 0.3) is 0 Å². The summed E-state index contributed by atoms with van der Waals surface area (Å²) in [6.45, 7) is 0. The van der Waals surface area contributed by atoms with Crippen LogP contribution in [0.4, 0.5) is 0 Å². The van der Waals surface area contributed by atoms with Crippen molar-refractivity contribution in [2.45, 2.75) is 0 Å². The summed E-state index contributed by atoms with van der Waals surface area (Å²) < 4.78 is 3.60. The molecule has 0 aliphatic heterocycles. The molecule has 1 heterocycles. The third-order valence-corrected chi connectivity index (χ3v) is 0.638. The molecule has 1 rings (SSSR count). The molecule has 1 radical (unpaired) electrons. The van der Waals surface area contributed by atoms with Crippen molar-refractivity contribution >= 4 is 11.5 Å². The van der Waals surface area contributed by atoms with E-state index in [9.17, 15) is 0 Å². The van der Waals surface area contributed by atoms with Gasteiger partial charge >= 0.3 is 0 Å². The molecule has 1 aromatic heterocycles. The van der Waals surface area contributed by atoms with Gasteiger partial charge < -0.3 is 0 Å². The van der Waals surface area contributed by atoms with Crippen molar-refractivity contribution in [1.82, 2.24) is 9.36 Å². The van der Waals surface area contributed by atoms with Crippen molar-refractivity contribution in [3.05, 3.63) is 11.8 Å². The van der Waals surface area contributed by atoms with Crippen LogP contribution in [0.5, 0.6) is 0 Å². The number of hydrogen-bond acceptors (Lipinski definition) is 3. The van der Waals surface area contributed by atoms with Crippen molar-refractivity contribution in [3.8, 4) is 0 Å². The molecular weight excluding hydrogens is 84.1 g/mol. The molecule has 1 aromatic rings. The largest absolute Gasteiger partial charge is 0.220 e. The smallest absolute Gasteiger partial charge is 0.173 e. The first-order valence-electron chi connectivity index (χ1n) is 1.13. The third kappa shape index (κ3) is 0.417. The maximum Gasteiger partial charge on any atom is 0.173 e. The lowest BCUT2D eigenvalue weighted by Gasteiger charge is -1.38. The van der Waals surface area contributed by atoms with E-state index < -0.39 is 0 Å². The SMILES string of the molecule is [c]1ncns1. The van der Waals surface area contributed by atoms with E-state index in [1.807, 2.05) is 0 Å². The lowest BCUT2D eigenvalue weighted by molar-refractivity contribution is 1.32. The minimum Gasteiger partial charge on any atom is -0.220 e. The van der Waals surface area contributed by atoms with E-state index in [0.29, 0.717) is 0 Å². The summed E-state index contributed by atoms with van der Waals surface area (Å²) in [4.78, 5) is 3.50. The zero-order chi connectivity index (χ0) is 3.54. The Bertz CT molecular complexity index is 64.1. The summed E-state index contributed by atoms with van der Waals surface area (Å²) in [5, 5.41) is 0. The molecule has 0 bridgehead atoms. The maximum absolute atomic E-state index is 3.60. The zero-order valence-electron chi connectivity index (χ0n) is 2.38. The molecule has 0 saturated heterocycles. The van der Waals surface area contributed by atoms with Crippen LogP contribution in [0.2, 0.25) is 0 Å². The first kappa shape index (κ1) is 2.78. The van der Waals surface area contributed by atoms with Crippen LogP contribution in [0.15, 0.2) is 6.33 Å². The van der Waals surface area contributed by atoms with E-state index in [4.69, 9.17) is 0 Å². The Morgan fingerprint density at radius 3 is 3.00 bits per heavy atom. The molecule has 2 nitrogen and oxygen atoms in total. The van der Waals surface area contributed by atoms with Crippen LogP contribution in [0.1, 0.15) is 0 Å². The van der Waals surface area contributed by atoms with Crippen molar-refractivity contribution in [3.63, 3.8) is 0 Å². The van der Waals surface area contributed by atoms with E-state index in [1.165, 1.54) is 17.9 Å². The van der Waals surface area contributed by atoms with E-state index >= 15 is 0 Å². The highest BCUT2D eigenvalue weighted by Crippen LogP contribution is 1.75. The van der Waals surface area contributed by atoms with Crippen LogP contribution in [0, 0.1) is 5.51 Å². The predicted octanol–water partition coefficient (Wildman–Crippen LogP) is 0.338. The van der Waals surface area contributed by atoms with E-state index in [2.05, 4.69) is 14.9 Å². The second-order valence-electron chi connectivity index (χ2n) is 0.533. The lowest BCUT2D eigenvalue weighted by Crippen LogP contribution is -1.44. The van der Waals surface area contributed by atoms with Crippen LogP contribution >= 0.6 is 11.5 Å². The van der Waals surface area contributed by atoms with Crippen LogP contribution < -0.4 is 0 Å². The van der Waals surface area contributed by atoms with Crippen molar-refractivity contribution < 1.29 is 0 Å². The topological polar surface area (TPSA) is 25.8 Å². The average Bonchev–Trinajstić information content (AvgIpc) is 1.76. The molecule has 0 amide bonds. The standard InChI is InChI=1S/C2HN2S/c1-3-2-5-4-1/h1H. The molecule has 0 unspecified atom stereocenters. The van der Waals surface area contributed by atoms with Gasteiger partial charge in [0.1, 0.15) is 6.33 Å². The van der Waals surface area contributed by atoms with Crippen LogP contribution in [-0.4, -0.2) is 9.36 Å². The Morgan fingerprint density at radius 1 is 1.80 bits per heavy atom. The fourth-order valence-electron chi connectivity index (χ4n) is 0.118. The van der Waals surface area contributed by atoms with Gasteiger partial charge in [0.05, 0.1) is 0 Å². The third-order valence-electron chi connectivity index (χ3n) is 0.251. The number of hydrogen-bond donors (Lipinski definition) is 0. The summed E-state index contributed by atoms with van der Waals surface area (Å²) in [5.41, 5.74) is 2.54. The van der Waals surface area contributed by atoms with Gasteiger partial charge in [0, 0.05) is 0 Å². The van der Waals surface area contributed by atoms with Gasteiger partial charge in [-0.25, -0.2) is 4.98 Å². The summed E-state index contributed by atoms with van der Waals surface area (Å²) in [7, 11) is 0. The number of rotatable bonds is 0. The first-order valence-corrected chi connectivity index (χ1v) is 1.90. The van der Waals surface area contributed by atoms with Gasteiger partial charge in [-0.15, -0.1) is 0 Å². The molecule has 0 fully saturated rings. The minimum absolute atomic E-state index is 1.23. The van der Waals surface area contributed by atoms with Crippen LogP contribution in [0.25, 0.3) is 0 Å². The molecule has 0 aromatic carbocycles. The fourth-order valence-corrected chi connectivity index (χ4v) is 0.354. The summed E-state index contributed by atoms with van der Waals surface area (Å²) >= 11 is 1.23. The molecular formula is C2HN2S. The van der Waals surface area contributed by atoms with Gasteiger partial charge in [-0.05, 0) is 11.5 Å². The Labute approximate surface area is 33.7 Å². The number of nitrogens with zero attached hydrogens (tertiary/aromatic N) is 2. The highest BCUT2D eigenvalue weighted by atomic mass is 32.1. The second kappa shape index (κ2) is 1.12. The first-order chi connectivity index (χ1) is 2.50. The summed E-state index contributed by atoms with van der Waals surface area (Å²) in [5.74, 6) is 0. The molecule has 0 saturated carbocycles.